The van der Waals surface area contributed by atoms with Gasteiger partial charge in [-0.05, 0) is 37.1 Å². The predicted octanol–water partition coefficient (Wildman–Crippen LogP) is 1.92. The fraction of sp³-hybridized carbons (Fsp3) is 0.462. The first kappa shape index (κ1) is 11.9. The van der Waals surface area contributed by atoms with Gasteiger partial charge in [-0.2, -0.15) is 0 Å². The van der Waals surface area contributed by atoms with Crippen LogP contribution in [0.4, 0.5) is 0 Å². The third-order valence-electron chi connectivity index (χ3n) is 3.18. The molecule has 0 radical (unpaired) electrons. The van der Waals surface area contributed by atoms with Gasteiger partial charge in [-0.25, -0.2) is 0 Å². The molecule has 0 aromatic heterocycles. The van der Waals surface area contributed by atoms with E-state index in [-0.39, 0.29) is 12.6 Å². The van der Waals surface area contributed by atoms with Gasteiger partial charge in [0, 0.05) is 6.04 Å². The zero-order chi connectivity index (χ0) is 12.3. The lowest BCUT2D eigenvalue weighted by Gasteiger charge is -2.23. The van der Waals surface area contributed by atoms with Crippen LogP contribution in [0.15, 0.2) is 24.3 Å². The first-order chi connectivity index (χ1) is 8.20. The first-order valence-electron chi connectivity index (χ1n) is 5.80. The van der Waals surface area contributed by atoms with Crippen molar-refractivity contribution in [2.75, 3.05) is 20.2 Å². The molecule has 1 atom stereocenters. The summed E-state index contributed by atoms with van der Waals surface area (Å²) in [7, 11) is 1.64. The summed E-state index contributed by atoms with van der Waals surface area (Å²) in [4.78, 5) is 12.8. The lowest BCUT2D eigenvalue weighted by Crippen LogP contribution is -2.29. The molecule has 1 fully saturated rings. The van der Waals surface area contributed by atoms with E-state index in [9.17, 15) is 4.79 Å². The molecule has 17 heavy (non-hydrogen) atoms. The number of ether oxygens (including phenoxy) is 1. The van der Waals surface area contributed by atoms with Gasteiger partial charge >= 0.3 is 5.97 Å². The summed E-state index contributed by atoms with van der Waals surface area (Å²) >= 11 is 0. The van der Waals surface area contributed by atoms with Gasteiger partial charge in [0.1, 0.15) is 5.75 Å². The van der Waals surface area contributed by atoms with E-state index in [0.29, 0.717) is 0 Å². The molecule has 1 unspecified atom stereocenters. The van der Waals surface area contributed by atoms with Gasteiger partial charge in [0.2, 0.25) is 0 Å². The lowest BCUT2D eigenvalue weighted by molar-refractivity contribution is -0.138. The number of carboxylic acid groups (broad SMARTS) is 1. The van der Waals surface area contributed by atoms with E-state index in [0.717, 1.165) is 30.7 Å². The molecule has 4 nitrogen and oxygen atoms in total. The van der Waals surface area contributed by atoms with Gasteiger partial charge in [-0.15, -0.1) is 0 Å². The quantitative estimate of drug-likeness (QED) is 0.866. The summed E-state index contributed by atoms with van der Waals surface area (Å²) in [6.45, 7) is 0.968. The normalized spacial score (nSPS) is 20.4. The highest BCUT2D eigenvalue weighted by atomic mass is 16.5. The smallest absolute Gasteiger partial charge is 0.317 e. The average molecular weight is 235 g/mol. The SMILES string of the molecule is COc1cccc(C2CCCN2CC(=O)O)c1. The second-order valence-electron chi connectivity index (χ2n) is 4.30. The number of nitrogens with zero attached hydrogens (tertiary/aromatic N) is 1. The molecule has 0 saturated carbocycles. The molecule has 0 bridgehead atoms. The summed E-state index contributed by atoms with van der Waals surface area (Å²) in [5, 5.41) is 8.87. The second kappa shape index (κ2) is 5.19. The first-order valence-corrected chi connectivity index (χ1v) is 5.80. The van der Waals surface area contributed by atoms with Crippen LogP contribution in [-0.4, -0.2) is 36.2 Å². The fourth-order valence-electron chi connectivity index (χ4n) is 2.42. The molecule has 1 N–H and O–H groups in total. The van der Waals surface area contributed by atoms with Crippen LogP contribution >= 0.6 is 0 Å². The number of rotatable bonds is 4. The molecule has 1 aromatic carbocycles. The van der Waals surface area contributed by atoms with Crippen LogP contribution in [0.25, 0.3) is 0 Å². The molecule has 0 spiro atoms. The molecule has 0 aliphatic carbocycles. The summed E-state index contributed by atoms with van der Waals surface area (Å²) in [6.07, 6.45) is 2.07. The van der Waals surface area contributed by atoms with Gasteiger partial charge in [0.05, 0.1) is 13.7 Å². The van der Waals surface area contributed by atoms with Gasteiger partial charge in [0.15, 0.2) is 0 Å². The fourth-order valence-corrected chi connectivity index (χ4v) is 2.42. The van der Waals surface area contributed by atoms with Crippen LogP contribution in [0.1, 0.15) is 24.4 Å². The molecule has 1 aliphatic rings. The van der Waals surface area contributed by atoms with E-state index in [1.165, 1.54) is 0 Å². The lowest BCUT2D eigenvalue weighted by atomic mass is 10.0. The van der Waals surface area contributed by atoms with E-state index in [1.54, 1.807) is 7.11 Å². The Balaban J connectivity index is 2.16. The molecule has 1 aliphatic heterocycles. The summed E-state index contributed by atoms with van der Waals surface area (Å²) in [5.41, 5.74) is 1.14. The van der Waals surface area contributed by atoms with Crippen LogP contribution in [0.3, 0.4) is 0 Å². The number of likely N-dealkylation sites (tertiary alicyclic amines) is 1. The van der Waals surface area contributed by atoms with E-state index in [2.05, 4.69) is 0 Å². The predicted molar refractivity (Wildman–Crippen MR) is 64.2 cm³/mol. The Kier molecular flexibility index (Phi) is 3.64. The van der Waals surface area contributed by atoms with Gasteiger partial charge in [-0.1, -0.05) is 12.1 Å². The monoisotopic (exact) mass is 235 g/mol. The highest BCUT2D eigenvalue weighted by molar-refractivity contribution is 5.69. The number of carboxylic acids is 1. The van der Waals surface area contributed by atoms with E-state index >= 15 is 0 Å². The van der Waals surface area contributed by atoms with Crippen molar-refractivity contribution in [3.63, 3.8) is 0 Å². The standard InChI is InChI=1S/C13H17NO3/c1-17-11-5-2-4-10(8-11)12-6-3-7-14(12)9-13(15)16/h2,4-5,8,12H,3,6-7,9H2,1H3,(H,15,16). The Hall–Kier alpha value is -1.55. The van der Waals surface area contributed by atoms with E-state index < -0.39 is 5.97 Å². The van der Waals surface area contributed by atoms with Crippen LogP contribution < -0.4 is 4.74 Å². The van der Waals surface area contributed by atoms with Crippen molar-refractivity contribution in [2.24, 2.45) is 0 Å². The van der Waals surface area contributed by atoms with Crippen molar-refractivity contribution >= 4 is 5.97 Å². The number of hydrogen-bond donors (Lipinski definition) is 1. The minimum absolute atomic E-state index is 0.113. The summed E-state index contributed by atoms with van der Waals surface area (Å²) in [6, 6.07) is 8.09. The van der Waals surface area contributed by atoms with Crippen molar-refractivity contribution < 1.29 is 14.6 Å². The van der Waals surface area contributed by atoms with E-state index in [1.807, 2.05) is 29.2 Å². The zero-order valence-electron chi connectivity index (χ0n) is 9.93. The highest BCUT2D eigenvalue weighted by Crippen LogP contribution is 2.32. The topological polar surface area (TPSA) is 49.8 Å². The maximum Gasteiger partial charge on any atom is 0.317 e. The zero-order valence-corrected chi connectivity index (χ0v) is 9.93. The molecule has 2 rings (SSSR count). The van der Waals surface area contributed by atoms with Gasteiger partial charge in [0.25, 0.3) is 0 Å². The Morgan fingerprint density at radius 3 is 3.12 bits per heavy atom. The van der Waals surface area contributed by atoms with Gasteiger partial charge < -0.3 is 9.84 Å². The number of methoxy groups -OCH3 is 1. The van der Waals surface area contributed by atoms with Crippen molar-refractivity contribution in [1.82, 2.24) is 4.90 Å². The van der Waals surface area contributed by atoms with Crippen LogP contribution in [-0.2, 0) is 4.79 Å². The number of benzene rings is 1. The van der Waals surface area contributed by atoms with Crippen molar-refractivity contribution in [3.05, 3.63) is 29.8 Å². The molecule has 1 heterocycles. The summed E-state index contributed by atoms with van der Waals surface area (Å²) in [5.74, 6) is 0.0597. The molecular formula is C13H17NO3. The Bertz CT molecular complexity index is 405. The van der Waals surface area contributed by atoms with Crippen LogP contribution in [0.5, 0.6) is 5.75 Å². The largest absolute Gasteiger partial charge is 0.497 e. The maximum absolute atomic E-state index is 10.8. The Morgan fingerprint density at radius 1 is 1.59 bits per heavy atom. The molecule has 92 valence electrons. The van der Waals surface area contributed by atoms with Crippen LogP contribution in [0.2, 0.25) is 0 Å². The molecule has 1 aromatic rings. The Morgan fingerprint density at radius 2 is 2.41 bits per heavy atom. The average Bonchev–Trinajstić information content (AvgIpc) is 2.76. The number of hydrogen-bond acceptors (Lipinski definition) is 3. The highest BCUT2D eigenvalue weighted by Gasteiger charge is 2.27. The van der Waals surface area contributed by atoms with Crippen molar-refractivity contribution in [1.29, 1.82) is 0 Å². The maximum atomic E-state index is 10.8. The Labute approximate surface area is 101 Å². The van der Waals surface area contributed by atoms with Crippen LogP contribution in [0, 0.1) is 0 Å². The molecule has 0 amide bonds. The summed E-state index contributed by atoms with van der Waals surface area (Å²) < 4.78 is 5.20. The van der Waals surface area contributed by atoms with E-state index in [4.69, 9.17) is 9.84 Å². The third-order valence-corrected chi connectivity index (χ3v) is 3.18. The molecule has 1 saturated heterocycles. The number of carbonyl (C=O) groups is 1. The van der Waals surface area contributed by atoms with Gasteiger partial charge in [-0.3, -0.25) is 9.69 Å². The third kappa shape index (κ3) is 2.77. The minimum Gasteiger partial charge on any atom is -0.497 e. The minimum atomic E-state index is -0.764. The molecule has 4 heteroatoms. The van der Waals surface area contributed by atoms with Crippen molar-refractivity contribution in [3.8, 4) is 5.75 Å². The number of aliphatic carboxylic acids is 1. The molecular weight excluding hydrogens is 218 g/mol. The van der Waals surface area contributed by atoms with Crippen molar-refractivity contribution in [2.45, 2.75) is 18.9 Å². The second-order valence-corrected chi connectivity index (χ2v) is 4.30.